The first-order valence-corrected chi connectivity index (χ1v) is 12.3. The maximum atomic E-state index is 12.9. The van der Waals surface area contributed by atoms with E-state index in [1.54, 1.807) is 16.7 Å². The van der Waals surface area contributed by atoms with Gasteiger partial charge in [-0.2, -0.15) is 0 Å². The molecule has 5 rings (SSSR count). The van der Waals surface area contributed by atoms with Gasteiger partial charge >= 0.3 is 0 Å². The average Bonchev–Trinajstić information content (AvgIpc) is 3.53. The van der Waals surface area contributed by atoms with Crippen molar-refractivity contribution >= 4 is 40.0 Å². The van der Waals surface area contributed by atoms with E-state index in [1.807, 2.05) is 72.1 Å². The van der Waals surface area contributed by atoms with Crippen molar-refractivity contribution in [3.63, 3.8) is 0 Å². The van der Waals surface area contributed by atoms with Crippen LogP contribution < -0.4 is 10.2 Å². The number of amides is 1. The van der Waals surface area contributed by atoms with Gasteiger partial charge in [0.05, 0.1) is 21.9 Å². The lowest BCUT2D eigenvalue weighted by molar-refractivity contribution is 0.0118. The van der Waals surface area contributed by atoms with E-state index >= 15 is 0 Å². The standard InChI is InChI=1S/C25H23N3O2S2/c29-23(20-17-32-24(27-20)22-11-6-16-31-22)26-19-9-4-5-10-21(19)28-14-12-25(30,13-15-28)18-7-2-1-3-8-18/h1-11,16-17,30H,12-15H2,(H,26,29). The molecule has 5 nitrogen and oxygen atoms in total. The topological polar surface area (TPSA) is 65.5 Å². The summed E-state index contributed by atoms with van der Waals surface area (Å²) in [5.74, 6) is -0.214. The second kappa shape index (κ2) is 8.86. The fraction of sp³-hybridized carbons (Fsp3) is 0.200. The minimum Gasteiger partial charge on any atom is -0.385 e. The highest BCUT2D eigenvalue weighted by molar-refractivity contribution is 7.20. The maximum Gasteiger partial charge on any atom is 0.275 e. The zero-order valence-corrected chi connectivity index (χ0v) is 19.0. The molecular formula is C25H23N3O2S2. The molecule has 7 heteroatoms. The number of carbonyl (C=O) groups is 1. The fourth-order valence-corrected chi connectivity index (χ4v) is 5.70. The zero-order chi connectivity index (χ0) is 22.0. The van der Waals surface area contributed by atoms with Crippen LogP contribution in [0.5, 0.6) is 0 Å². The van der Waals surface area contributed by atoms with E-state index in [1.165, 1.54) is 11.3 Å². The van der Waals surface area contributed by atoms with Crippen LogP contribution in [0.3, 0.4) is 0 Å². The molecule has 1 saturated heterocycles. The number of anilines is 2. The highest BCUT2D eigenvalue weighted by Crippen LogP contribution is 2.36. The molecule has 0 unspecified atom stereocenters. The Labute approximate surface area is 195 Å². The molecule has 2 aromatic carbocycles. The molecule has 0 spiro atoms. The molecule has 4 aromatic rings. The minimum atomic E-state index is -0.811. The normalized spacial score (nSPS) is 15.5. The number of thiazole rings is 1. The molecule has 2 N–H and O–H groups in total. The molecule has 0 saturated carbocycles. The van der Waals surface area contributed by atoms with Gasteiger partial charge in [-0.3, -0.25) is 4.79 Å². The summed E-state index contributed by atoms with van der Waals surface area (Å²) in [6, 6.07) is 21.7. The number of nitrogens with one attached hydrogen (secondary N) is 1. The number of nitrogens with zero attached hydrogens (tertiary/aromatic N) is 2. The van der Waals surface area contributed by atoms with E-state index < -0.39 is 5.60 Å². The Balaban J connectivity index is 1.30. The third-order valence-electron chi connectivity index (χ3n) is 5.86. The fourth-order valence-electron chi connectivity index (χ4n) is 4.09. The number of rotatable bonds is 5. The van der Waals surface area contributed by atoms with E-state index in [0.717, 1.165) is 26.8 Å². The van der Waals surface area contributed by atoms with Gasteiger partial charge in [0.1, 0.15) is 10.7 Å². The van der Waals surface area contributed by atoms with Crippen LogP contribution in [-0.2, 0) is 5.60 Å². The number of piperidine rings is 1. The summed E-state index contributed by atoms with van der Waals surface area (Å²) >= 11 is 3.09. The molecule has 2 aromatic heterocycles. The van der Waals surface area contributed by atoms with Gasteiger partial charge in [-0.05, 0) is 42.0 Å². The van der Waals surface area contributed by atoms with Gasteiger partial charge in [0.2, 0.25) is 0 Å². The van der Waals surface area contributed by atoms with E-state index in [-0.39, 0.29) is 5.91 Å². The molecule has 1 aliphatic rings. The summed E-state index contributed by atoms with van der Waals surface area (Å²) in [6.07, 6.45) is 1.27. The van der Waals surface area contributed by atoms with Crippen LogP contribution in [-0.4, -0.2) is 29.1 Å². The van der Waals surface area contributed by atoms with Gasteiger partial charge < -0.3 is 15.3 Å². The van der Waals surface area contributed by atoms with Crippen LogP contribution in [0.15, 0.2) is 77.5 Å². The molecule has 32 heavy (non-hydrogen) atoms. The Bertz CT molecular complexity index is 1200. The lowest BCUT2D eigenvalue weighted by atomic mass is 9.84. The molecule has 1 amide bonds. The first kappa shape index (κ1) is 20.9. The van der Waals surface area contributed by atoms with Crippen molar-refractivity contribution in [1.29, 1.82) is 0 Å². The first-order chi connectivity index (χ1) is 15.6. The SMILES string of the molecule is O=C(Nc1ccccc1N1CCC(O)(c2ccccc2)CC1)c1csc(-c2cccs2)n1. The number of thiophene rings is 1. The van der Waals surface area contributed by atoms with E-state index in [0.29, 0.717) is 31.6 Å². The predicted octanol–water partition coefficient (Wildman–Crippen LogP) is 5.61. The number of aromatic nitrogens is 1. The van der Waals surface area contributed by atoms with E-state index in [2.05, 4.69) is 15.2 Å². The van der Waals surface area contributed by atoms with Gasteiger partial charge in [0.25, 0.3) is 5.91 Å². The molecule has 3 heterocycles. The zero-order valence-electron chi connectivity index (χ0n) is 17.4. The first-order valence-electron chi connectivity index (χ1n) is 10.5. The van der Waals surface area contributed by atoms with Crippen LogP contribution >= 0.6 is 22.7 Å². The predicted molar refractivity (Wildman–Crippen MR) is 132 cm³/mol. The summed E-state index contributed by atoms with van der Waals surface area (Å²) in [7, 11) is 0. The van der Waals surface area contributed by atoms with Crippen molar-refractivity contribution < 1.29 is 9.90 Å². The van der Waals surface area contributed by atoms with E-state index in [4.69, 9.17) is 0 Å². The Hall–Kier alpha value is -3.00. The van der Waals surface area contributed by atoms with Crippen LogP contribution in [0.25, 0.3) is 9.88 Å². The largest absolute Gasteiger partial charge is 0.385 e. The quantitative estimate of drug-likeness (QED) is 0.405. The van der Waals surface area contributed by atoms with Crippen molar-refractivity contribution in [3.05, 3.63) is 88.7 Å². The van der Waals surface area contributed by atoms with Gasteiger partial charge in [0, 0.05) is 18.5 Å². The van der Waals surface area contributed by atoms with Crippen molar-refractivity contribution in [3.8, 4) is 9.88 Å². The van der Waals surface area contributed by atoms with Crippen molar-refractivity contribution in [1.82, 2.24) is 4.98 Å². The van der Waals surface area contributed by atoms with Gasteiger partial charge in [-0.1, -0.05) is 48.5 Å². The van der Waals surface area contributed by atoms with Crippen LogP contribution in [0.4, 0.5) is 11.4 Å². The molecule has 162 valence electrons. The maximum absolute atomic E-state index is 12.9. The summed E-state index contributed by atoms with van der Waals surface area (Å²) in [5, 5.41) is 18.8. The highest BCUT2D eigenvalue weighted by Gasteiger charge is 2.34. The summed E-state index contributed by atoms with van der Waals surface area (Å²) < 4.78 is 0. The smallest absolute Gasteiger partial charge is 0.275 e. The Morgan fingerprint density at radius 3 is 2.47 bits per heavy atom. The number of para-hydroxylation sites is 2. The summed E-state index contributed by atoms with van der Waals surface area (Å²) in [5.41, 5.74) is 2.30. The van der Waals surface area contributed by atoms with Gasteiger partial charge in [0.15, 0.2) is 0 Å². The number of hydrogen-bond donors (Lipinski definition) is 2. The van der Waals surface area contributed by atoms with Crippen LogP contribution in [0, 0.1) is 0 Å². The number of aliphatic hydroxyl groups is 1. The van der Waals surface area contributed by atoms with Gasteiger partial charge in [-0.15, -0.1) is 22.7 Å². The average molecular weight is 462 g/mol. The molecule has 1 aliphatic heterocycles. The second-order valence-corrected chi connectivity index (χ2v) is 9.68. The molecule has 0 radical (unpaired) electrons. The van der Waals surface area contributed by atoms with Gasteiger partial charge in [-0.25, -0.2) is 4.98 Å². The van der Waals surface area contributed by atoms with Crippen molar-refractivity contribution in [2.45, 2.75) is 18.4 Å². The molecule has 0 atom stereocenters. The molecule has 0 bridgehead atoms. The molecule has 0 aliphatic carbocycles. The lowest BCUT2D eigenvalue weighted by Gasteiger charge is -2.40. The van der Waals surface area contributed by atoms with Crippen LogP contribution in [0.2, 0.25) is 0 Å². The monoisotopic (exact) mass is 461 g/mol. The van der Waals surface area contributed by atoms with E-state index in [9.17, 15) is 9.90 Å². The third kappa shape index (κ3) is 4.19. The van der Waals surface area contributed by atoms with Crippen molar-refractivity contribution in [2.24, 2.45) is 0 Å². The number of benzene rings is 2. The number of hydrogen-bond acceptors (Lipinski definition) is 6. The van der Waals surface area contributed by atoms with Crippen molar-refractivity contribution in [2.75, 3.05) is 23.3 Å². The number of carbonyl (C=O) groups excluding carboxylic acids is 1. The lowest BCUT2D eigenvalue weighted by Crippen LogP contribution is -2.42. The Morgan fingerprint density at radius 1 is 0.969 bits per heavy atom. The minimum absolute atomic E-state index is 0.214. The van der Waals surface area contributed by atoms with Crippen LogP contribution in [0.1, 0.15) is 28.9 Å². The summed E-state index contributed by atoms with van der Waals surface area (Å²) in [4.78, 5) is 20.7. The molecule has 1 fully saturated rings. The Morgan fingerprint density at radius 2 is 1.72 bits per heavy atom. The summed E-state index contributed by atoms with van der Waals surface area (Å²) in [6.45, 7) is 1.41. The Kier molecular flexibility index (Phi) is 5.78. The second-order valence-electron chi connectivity index (χ2n) is 7.87. The molecular weight excluding hydrogens is 438 g/mol. The highest BCUT2D eigenvalue weighted by atomic mass is 32.1. The third-order valence-corrected chi connectivity index (χ3v) is 7.74.